The van der Waals surface area contributed by atoms with Crippen molar-refractivity contribution in [3.8, 4) is 17.0 Å². The number of aromatic carboxylic acids is 1. The van der Waals surface area contributed by atoms with Crippen molar-refractivity contribution in [1.29, 1.82) is 0 Å². The molecule has 0 aliphatic heterocycles. The molecular formula is C18H15N3O3. The second kappa shape index (κ2) is 6.37. The Morgan fingerprint density at radius 3 is 2.33 bits per heavy atom. The predicted molar refractivity (Wildman–Crippen MR) is 90.6 cm³/mol. The van der Waals surface area contributed by atoms with Crippen LogP contribution in [0.2, 0.25) is 0 Å². The molecule has 3 aromatic rings. The molecule has 1 heterocycles. The number of aromatic hydroxyl groups is 1. The standard InChI is InChI=1S/C18H15N3O3/c1-11-2-4-12(5-3-11)14-8-9-17(21-20-14)19-15-7-6-13(18(23)24)10-16(15)22/h2-10,22H,1H3,(H,19,21)(H,23,24). The van der Waals surface area contributed by atoms with Gasteiger partial charge in [0.2, 0.25) is 0 Å². The van der Waals surface area contributed by atoms with Crippen LogP contribution >= 0.6 is 0 Å². The van der Waals surface area contributed by atoms with Gasteiger partial charge >= 0.3 is 5.97 Å². The average molecular weight is 321 g/mol. The molecule has 0 bridgehead atoms. The molecule has 0 aliphatic carbocycles. The van der Waals surface area contributed by atoms with Crippen molar-refractivity contribution in [2.24, 2.45) is 0 Å². The highest BCUT2D eigenvalue weighted by molar-refractivity contribution is 5.89. The van der Waals surface area contributed by atoms with E-state index in [1.54, 1.807) is 6.07 Å². The molecule has 6 nitrogen and oxygen atoms in total. The zero-order valence-electron chi connectivity index (χ0n) is 12.9. The topological polar surface area (TPSA) is 95.3 Å². The Morgan fingerprint density at radius 1 is 1.00 bits per heavy atom. The van der Waals surface area contributed by atoms with Crippen molar-refractivity contribution in [1.82, 2.24) is 10.2 Å². The van der Waals surface area contributed by atoms with Gasteiger partial charge in [-0.15, -0.1) is 10.2 Å². The summed E-state index contributed by atoms with van der Waals surface area (Å²) in [6.07, 6.45) is 0. The van der Waals surface area contributed by atoms with E-state index in [0.29, 0.717) is 11.5 Å². The number of benzene rings is 2. The molecule has 0 fully saturated rings. The van der Waals surface area contributed by atoms with Crippen molar-refractivity contribution >= 4 is 17.5 Å². The molecule has 0 saturated heterocycles. The van der Waals surface area contributed by atoms with E-state index in [1.807, 2.05) is 37.3 Å². The van der Waals surface area contributed by atoms with E-state index in [4.69, 9.17) is 5.11 Å². The van der Waals surface area contributed by atoms with E-state index in [1.165, 1.54) is 23.8 Å². The van der Waals surface area contributed by atoms with Crippen molar-refractivity contribution in [3.05, 3.63) is 65.7 Å². The first kappa shape index (κ1) is 15.5. The lowest BCUT2D eigenvalue weighted by molar-refractivity contribution is 0.0696. The summed E-state index contributed by atoms with van der Waals surface area (Å²) in [6, 6.07) is 15.6. The van der Waals surface area contributed by atoms with Crippen molar-refractivity contribution in [3.63, 3.8) is 0 Å². The first-order chi connectivity index (χ1) is 11.5. The number of hydrogen-bond acceptors (Lipinski definition) is 5. The van der Waals surface area contributed by atoms with Crippen LogP contribution in [0.1, 0.15) is 15.9 Å². The third-order valence-electron chi connectivity index (χ3n) is 3.52. The maximum atomic E-state index is 10.9. The lowest BCUT2D eigenvalue weighted by atomic mass is 10.1. The highest BCUT2D eigenvalue weighted by Crippen LogP contribution is 2.27. The number of hydrogen-bond donors (Lipinski definition) is 3. The summed E-state index contributed by atoms with van der Waals surface area (Å²) in [6.45, 7) is 2.02. The lowest BCUT2D eigenvalue weighted by Gasteiger charge is -2.08. The van der Waals surface area contributed by atoms with Gasteiger partial charge in [-0.2, -0.15) is 0 Å². The minimum absolute atomic E-state index is 0.0128. The SMILES string of the molecule is Cc1ccc(-c2ccc(Nc3ccc(C(=O)O)cc3O)nn2)cc1. The van der Waals surface area contributed by atoms with Gasteiger partial charge in [0, 0.05) is 5.56 Å². The molecule has 2 aromatic carbocycles. The van der Waals surface area contributed by atoms with Gasteiger partial charge in [0.1, 0.15) is 5.75 Å². The zero-order chi connectivity index (χ0) is 17.1. The van der Waals surface area contributed by atoms with Gasteiger partial charge in [-0.1, -0.05) is 29.8 Å². The summed E-state index contributed by atoms with van der Waals surface area (Å²) in [5.41, 5.74) is 3.25. The summed E-state index contributed by atoms with van der Waals surface area (Å²) < 4.78 is 0. The van der Waals surface area contributed by atoms with E-state index in [-0.39, 0.29) is 11.3 Å². The summed E-state index contributed by atoms with van der Waals surface area (Å²) in [5.74, 6) is -0.817. The second-order valence-corrected chi connectivity index (χ2v) is 5.33. The van der Waals surface area contributed by atoms with Crippen LogP contribution in [-0.4, -0.2) is 26.4 Å². The number of carbonyl (C=O) groups is 1. The predicted octanol–water partition coefficient (Wildman–Crippen LogP) is 3.60. The highest BCUT2D eigenvalue weighted by atomic mass is 16.4. The number of nitrogens with zero attached hydrogens (tertiary/aromatic N) is 2. The molecule has 0 unspecified atom stereocenters. The number of carboxylic acids is 1. The first-order valence-corrected chi connectivity index (χ1v) is 7.27. The van der Waals surface area contributed by atoms with Crippen LogP contribution < -0.4 is 5.32 Å². The van der Waals surface area contributed by atoms with Crippen LogP contribution in [-0.2, 0) is 0 Å². The van der Waals surface area contributed by atoms with Gasteiger partial charge in [-0.3, -0.25) is 0 Å². The van der Waals surface area contributed by atoms with Crippen LogP contribution in [0, 0.1) is 6.92 Å². The van der Waals surface area contributed by atoms with Crippen LogP contribution in [0.4, 0.5) is 11.5 Å². The van der Waals surface area contributed by atoms with Gasteiger partial charge in [0.05, 0.1) is 16.9 Å². The van der Waals surface area contributed by atoms with Gasteiger partial charge < -0.3 is 15.5 Å². The van der Waals surface area contributed by atoms with Gasteiger partial charge in [-0.05, 0) is 37.3 Å². The maximum Gasteiger partial charge on any atom is 0.335 e. The minimum Gasteiger partial charge on any atom is -0.506 e. The van der Waals surface area contributed by atoms with Crippen LogP contribution in [0.15, 0.2) is 54.6 Å². The fourth-order valence-electron chi connectivity index (χ4n) is 2.19. The number of carboxylic acid groups (broad SMARTS) is 1. The smallest absolute Gasteiger partial charge is 0.335 e. The molecule has 24 heavy (non-hydrogen) atoms. The van der Waals surface area contributed by atoms with Gasteiger partial charge in [-0.25, -0.2) is 4.79 Å². The van der Waals surface area contributed by atoms with Gasteiger partial charge in [0.15, 0.2) is 5.82 Å². The third-order valence-corrected chi connectivity index (χ3v) is 3.52. The van der Waals surface area contributed by atoms with E-state index in [0.717, 1.165) is 11.3 Å². The number of rotatable bonds is 4. The zero-order valence-corrected chi connectivity index (χ0v) is 12.9. The van der Waals surface area contributed by atoms with Gasteiger partial charge in [0.25, 0.3) is 0 Å². The molecule has 3 N–H and O–H groups in total. The Morgan fingerprint density at radius 2 is 1.75 bits per heavy atom. The number of nitrogens with one attached hydrogen (secondary N) is 1. The highest BCUT2D eigenvalue weighted by Gasteiger charge is 2.09. The van der Waals surface area contributed by atoms with E-state index in [9.17, 15) is 9.90 Å². The largest absolute Gasteiger partial charge is 0.506 e. The van der Waals surface area contributed by atoms with E-state index in [2.05, 4.69) is 15.5 Å². The maximum absolute atomic E-state index is 10.9. The fraction of sp³-hybridized carbons (Fsp3) is 0.0556. The molecule has 0 saturated carbocycles. The van der Waals surface area contributed by atoms with Crippen molar-refractivity contribution < 1.29 is 15.0 Å². The molecule has 0 aliphatic rings. The van der Waals surface area contributed by atoms with Crippen molar-refractivity contribution in [2.75, 3.05) is 5.32 Å². The quantitative estimate of drug-likeness (QED) is 0.636. The normalized spacial score (nSPS) is 10.4. The number of anilines is 2. The molecule has 0 spiro atoms. The molecule has 0 atom stereocenters. The summed E-state index contributed by atoms with van der Waals surface area (Å²) in [4.78, 5) is 10.9. The Bertz CT molecular complexity index is 875. The molecule has 0 radical (unpaired) electrons. The molecule has 0 amide bonds. The first-order valence-electron chi connectivity index (χ1n) is 7.27. The Balaban J connectivity index is 1.79. The molecule has 120 valence electrons. The summed E-state index contributed by atoms with van der Waals surface area (Å²) >= 11 is 0. The van der Waals surface area contributed by atoms with Crippen LogP contribution in [0.3, 0.4) is 0 Å². The fourth-order valence-corrected chi connectivity index (χ4v) is 2.19. The third kappa shape index (κ3) is 3.33. The monoisotopic (exact) mass is 321 g/mol. The average Bonchev–Trinajstić information content (AvgIpc) is 2.58. The van der Waals surface area contributed by atoms with E-state index >= 15 is 0 Å². The second-order valence-electron chi connectivity index (χ2n) is 5.33. The van der Waals surface area contributed by atoms with Crippen LogP contribution in [0.5, 0.6) is 5.75 Å². The van der Waals surface area contributed by atoms with Crippen molar-refractivity contribution in [2.45, 2.75) is 6.92 Å². The molecular weight excluding hydrogens is 306 g/mol. The van der Waals surface area contributed by atoms with Crippen LogP contribution in [0.25, 0.3) is 11.3 Å². The Kier molecular flexibility index (Phi) is 4.11. The molecule has 1 aromatic heterocycles. The van der Waals surface area contributed by atoms with E-state index < -0.39 is 5.97 Å². The minimum atomic E-state index is -1.10. The number of aromatic nitrogens is 2. The summed E-state index contributed by atoms with van der Waals surface area (Å²) in [5, 5.41) is 29.9. The number of phenols is 1. The lowest BCUT2D eigenvalue weighted by Crippen LogP contribution is -1.99. The molecule has 3 rings (SSSR count). The molecule has 6 heteroatoms. The Labute approximate surface area is 138 Å². The summed E-state index contributed by atoms with van der Waals surface area (Å²) in [7, 11) is 0. The number of phenolic OH excluding ortho intramolecular Hbond substituents is 1. The number of aryl methyl sites for hydroxylation is 1. The Hall–Kier alpha value is -3.41.